The summed E-state index contributed by atoms with van der Waals surface area (Å²) in [4.78, 5) is 10.5. The maximum absolute atomic E-state index is 14.5. The number of hydrogen-bond donors (Lipinski definition) is 4. The number of halogens is 1. The molecule has 1 fully saturated rings. The van der Waals surface area contributed by atoms with Gasteiger partial charge in [-0.2, -0.15) is 4.98 Å². The Labute approximate surface area is 198 Å². The summed E-state index contributed by atoms with van der Waals surface area (Å²) in [6, 6.07) is 12.6. The molecule has 3 aromatic rings. The van der Waals surface area contributed by atoms with Gasteiger partial charge in [0.15, 0.2) is 22.3 Å². The summed E-state index contributed by atoms with van der Waals surface area (Å²) in [6.07, 6.45) is 1.05. The molecule has 1 aromatic heterocycles. The largest absolute Gasteiger partial charge is 0.494 e. The molecule has 0 aliphatic carbocycles. The molecule has 1 saturated heterocycles. The number of ether oxygens (including phenoxy) is 2. The van der Waals surface area contributed by atoms with Gasteiger partial charge in [-0.15, -0.1) is 0 Å². The predicted molar refractivity (Wildman–Crippen MR) is 130 cm³/mol. The van der Waals surface area contributed by atoms with Crippen LogP contribution in [0.15, 0.2) is 48.7 Å². The summed E-state index contributed by atoms with van der Waals surface area (Å²) in [6.45, 7) is 2.95. The van der Waals surface area contributed by atoms with Crippen molar-refractivity contribution in [2.75, 3.05) is 60.1 Å². The number of para-hydroxylation sites is 2. The van der Waals surface area contributed by atoms with E-state index in [-0.39, 0.29) is 17.6 Å². The van der Waals surface area contributed by atoms with Gasteiger partial charge in [-0.25, -0.2) is 17.8 Å². The minimum atomic E-state index is -2.62. The number of thiol groups is 1. The van der Waals surface area contributed by atoms with E-state index in [9.17, 15) is 12.8 Å². The van der Waals surface area contributed by atoms with Gasteiger partial charge < -0.3 is 30.3 Å². The van der Waals surface area contributed by atoms with Crippen LogP contribution in [0.5, 0.6) is 5.75 Å². The first-order chi connectivity index (χ1) is 16.5. The second-order valence-corrected chi connectivity index (χ2v) is 8.32. The van der Waals surface area contributed by atoms with Gasteiger partial charge in [0.1, 0.15) is 11.6 Å². The van der Waals surface area contributed by atoms with Crippen molar-refractivity contribution in [3.63, 3.8) is 0 Å². The van der Waals surface area contributed by atoms with Crippen molar-refractivity contribution in [3.8, 4) is 5.75 Å². The molecule has 4 rings (SSSR count). The number of anilines is 6. The van der Waals surface area contributed by atoms with Crippen LogP contribution in [0.2, 0.25) is 0 Å². The van der Waals surface area contributed by atoms with E-state index in [0.29, 0.717) is 36.0 Å². The first kappa shape index (κ1) is 23.5. The van der Waals surface area contributed by atoms with Crippen molar-refractivity contribution in [2.45, 2.75) is 0 Å². The highest BCUT2D eigenvalue weighted by Gasteiger charge is 2.15. The molecule has 34 heavy (non-hydrogen) atoms. The number of morpholine rings is 1. The van der Waals surface area contributed by atoms with Gasteiger partial charge in [0.25, 0.3) is 0 Å². The number of benzene rings is 2. The SMILES string of the molecule is COc1cc(N2CCOCC2)ccc1Nc1ncc(F)c(Nc2ccccc2NC[SH](=O)=O)n1. The summed E-state index contributed by atoms with van der Waals surface area (Å²) < 4.78 is 47.3. The number of rotatable bonds is 9. The molecule has 0 saturated carbocycles. The Morgan fingerprint density at radius 1 is 1.09 bits per heavy atom. The Hall–Kier alpha value is -3.64. The van der Waals surface area contributed by atoms with E-state index in [2.05, 4.69) is 30.8 Å². The maximum atomic E-state index is 14.5. The number of aromatic nitrogens is 2. The van der Waals surface area contributed by atoms with Crippen LogP contribution in [-0.2, 0) is 15.4 Å². The smallest absolute Gasteiger partial charge is 0.229 e. The average molecular weight is 489 g/mol. The lowest BCUT2D eigenvalue weighted by Gasteiger charge is -2.29. The van der Waals surface area contributed by atoms with E-state index in [4.69, 9.17) is 9.47 Å². The van der Waals surface area contributed by atoms with Gasteiger partial charge >= 0.3 is 0 Å². The lowest BCUT2D eigenvalue weighted by atomic mass is 10.2. The molecule has 0 atom stereocenters. The van der Waals surface area contributed by atoms with Crippen molar-refractivity contribution in [3.05, 3.63) is 54.5 Å². The van der Waals surface area contributed by atoms with Gasteiger partial charge in [-0.1, -0.05) is 12.1 Å². The fourth-order valence-corrected chi connectivity index (χ4v) is 3.76. The van der Waals surface area contributed by atoms with Crippen molar-refractivity contribution in [2.24, 2.45) is 0 Å². The molecule has 0 radical (unpaired) electrons. The third-order valence-corrected chi connectivity index (χ3v) is 5.55. The molecular formula is C22H25FN6O4S. The molecule has 0 amide bonds. The van der Waals surface area contributed by atoms with Crippen LogP contribution in [-0.4, -0.2) is 57.7 Å². The van der Waals surface area contributed by atoms with E-state index in [1.165, 1.54) is 0 Å². The zero-order valence-corrected chi connectivity index (χ0v) is 19.3. The maximum Gasteiger partial charge on any atom is 0.229 e. The van der Waals surface area contributed by atoms with Crippen LogP contribution < -0.4 is 25.6 Å². The molecule has 0 spiro atoms. The standard InChI is InChI=1S/C22H25FN6O4S/c1-32-20-12-15(29-8-10-33-11-9-29)6-7-19(20)27-22-24-13-16(23)21(28-22)26-18-5-3-2-4-17(18)25-14-34(30)31/h2-7,12-13,25,34H,8-11,14H2,1H3,(H2,24,26,27,28). The highest BCUT2D eigenvalue weighted by Crippen LogP contribution is 2.32. The summed E-state index contributed by atoms with van der Waals surface area (Å²) in [7, 11) is -1.05. The highest BCUT2D eigenvalue weighted by atomic mass is 32.2. The molecule has 1 aliphatic heterocycles. The molecule has 2 heterocycles. The second kappa shape index (κ2) is 11.0. The molecule has 2 aromatic carbocycles. The molecule has 3 N–H and O–H groups in total. The van der Waals surface area contributed by atoms with Crippen molar-refractivity contribution in [1.82, 2.24) is 9.97 Å². The van der Waals surface area contributed by atoms with Gasteiger partial charge in [0.05, 0.1) is 43.6 Å². The van der Waals surface area contributed by atoms with Crippen molar-refractivity contribution in [1.29, 1.82) is 0 Å². The second-order valence-electron chi connectivity index (χ2n) is 7.34. The fraction of sp³-hybridized carbons (Fsp3) is 0.273. The topological polar surface area (TPSA) is 118 Å². The first-order valence-corrected chi connectivity index (χ1v) is 11.9. The Balaban J connectivity index is 1.54. The van der Waals surface area contributed by atoms with Crippen molar-refractivity contribution < 1.29 is 22.3 Å². The van der Waals surface area contributed by atoms with Crippen LogP contribution in [0, 0.1) is 5.82 Å². The molecule has 1 aliphatic rings. The first-order valence-electron chi connectivity index (χ1n) is 10.6. The minimum absolute atomic E-state index is 0.0674. The quantitative estimate of drug-likeness (QED) is 0.335. The number of hydrogen-bond acceptors (Lipinski definition) is 10. The van der Waals surface area contributed by atoms with Gasteiger partial charge in [-0.05, 0) is 24.3 Å². The zero-order chi connectivity index (χ0) is 23.9. The number of methoxy groups -OCH3 is 1. The normalized spacial score (nSPS) is 13.6. The van der Waals surface area contributed by atoms with Gasteiger partial charge in [0, 0.05) is 24.8 Å². The predicted octanol–water partition coefficient (Wildman–Crippen LogP) is 2.93. The van der Waals surface area contributed by atoms with Crippen LogP contribution in [0.4, 0.5) is 38.9 Å². The molecule has 0 unspecified atom stereocenters. The van der Waals surface area contributed by atoms with Crippen LogP contribution in [0.1, 0.15) is 0 Å². The van der Waals surface area contributed by atoms with E-state index in [1.54, 1.807) is 31.4 Å². The average Bonchev–Trinajstić information content (AvgIpc) is 2.86. The summed E-state index contributed by atoms with van der Waals surface area (Å²) in [5.41, 5.74) is 2.60. The molecule has 10 nitrogen and oxygen atoms in total. The monoisotopic (exact) mass is 488 g/mol. The van der Waals surface area contributed by atoms with E-state index >= 15 is 0 Å². The molecule has 180 valence electrons. The van der Waals surface area contributed by atoms with E-state index in [1.807, 2.05) is 18.2 Å². The number of nitrogens with one attached hydrogen (secondary N) is 3. The van der Waals surface area contributed by atoms with Crippen LogP contribution >= 0.6 is 0 Å². The van der Waals surface area contributed by atoms with E-state index in [0.717, 1.165) is 25.0 Å². The minimum Gasteiger partial charge on any atom is -0.494 e. The fourth-order valence-electron chi connectivity index (χ4n) is 3.46. The lowest BCUT2D eigenvalue weighted by molar-refractivity contribution is 0.122. The Bertz CT molecular complexity index is 1210. The highest BCUT2D eigenvalue weighted by molar-refractivity contribution is 7.72. The van der Waals surface area contributed by atoms with Crippen LogP contribution in [0.25, 0.3) is 0 Å². The lowest BCUT2D eigenvalue weighted by Crippen LogP contribution is -2.36. The summed E-state index contributed by atoms with van der Waals surface area (Å²) >= 11 is 0. The molecule has 12 heteroatoms. The molecule has 0 bridgehead atoms. The molecular weight excluding hydrogens is 463 g/mol. The summed E-state index contributed by atoms with van der Waals surface area (Å²) in [5.74, 6) is -0.220. The third-order valence-electron chi connectivity index (χ3n) is 5.13. The van der Waals surface area contributed by atoms with E-state index < -0.39 is 16.5 Å². The third kappa shape index (κ3) is 5.83. The summed E-state index contributed by atoms with van der Waals surface area (Å²) in [5, 5.41) is 8.75. The Morgan fingerprint density at radius 2 is 1.85 bits per heavy atom. The van der Waals surface area contributed by atoms with Crippen LogP contribution in [0.3, 0.4) is 0 Å². The van der Waals surface area contributed by atoms with Crippen molar-refractivity contribution >= 4 is 45.2 Å². The Kier molecular flexibility index (Phi) is 7.60. The number of nitrogens with zero attached hydrogens (tertiary/aromatic N) is 3. The Morgan fingerprint density at radius 3 is 2.59 bits per heavy atom. The van der Waals surface area contributed by atoms with Gasteiger partial charge in [-0.3, -0.25) is 0 Å². The zero-order valence-electron chi connectivity index (χ0n) is 18.5. The van der Waals surface area contributed by atoms with Gasteiger partial charge in [0.2, 0.25) is 5.95 Å².